The number of carbonyl (C=O) groups is 2. The lowest BCUT2D eigenvalue weighted by Gasteiger charge is -2.14. The fourth-order valence-electron chi connectivity index (χ4n) is 0.807. The van der Waals surface area contributed by atoms with E-state index in [1.54, 1.807) is 20.9 Å². The molecule has 0 aromatic rings. The van der Waals surface area contributed by atoms with Crippen LogP contribution in [0.4, 0.5) is 0 Å². The first-order chi connectivity index (χ1) is 5.00. The third-order valence-corrected chi connectivity index (χ3v) is 2.05. The summed E-state index contributed by atoms with van der Waals surface area (Å²) in [7, 11) is 1.58. The Morgan fingerprint density at radius 2 is 1.64 bits per heavy atom. The SMILES string of the molecule is CNC(=O)[C@H](C)[C@H](C)C(C)=O. The molecule has 2 atom stereocenters. The van der Waals surface area contributed by atoms with Crippen LogP contribution in [0.1, 0.15) is 20.8 Å². The normalized spacial score (nSPS) is 15.3. The molecule has 1 N–H and O–H groups in total. The van der Waals surface area contributed by atoms with Crippen LogP contribution in [0.5, 0.6) is 0 Å². The van der Waals surface area contributed by atoms with Crippen LogP contribution in [0, 0.1) is 11.8 Å². The molecule has 0 saturated heterocycles. The molecule has 1 amide bonds. The topological polar surface area (TPSA) is 46.2 Å². The lowest BCUT2D eigenvalue weighted by molar-refractivity contribution is -0.131. The van der Waals surface area contributed by atoms with Gasteiger partial charge in [-0.1, -0.05) is 13.8 Å². The molecule has 11 heavy (non-hydrogen) atoms. The van der Waals surface area contributed by atoms with Gasteiger partial charge in [0.15, 0.2) is 0 Å². The highest BCUT2D eigenvalue weighted by Crippen LogP contribution is 2.11. The van der Waals surface area contributed by atoms with Crippen LogP contribution in [0.15, 0.2) is 0 Å². The minimum absolute atomic E-state index is 0.0566. The Kier molecular flexibility index (Phi) is 3.79. The van der Waals surface area contributed by atoms with Gasteiger partial charge in [-0.05, 0) is 6.92 Å². The Morgan fingerprint density at radius 1 is 1.18 bits per heavy atom. The predicted octanol–water partition coefficient (Wildman–Crippen LogP) is 0.594. The van der Waals surface area contributed by atoms with Crippen molar-refractivity contribution >= 4 is 11.7 Å². The summed E-state index contributed by atoms with van der Waals surface area (Å²) in [4.78, 5) is 21.8. The number of nitrogens with one attached hydrogen (secondary N) is 1. The highest BCUT2D eigenvalue weighted by molar-refractivity contribution is 5.86. The van der Waals surface area contributed by atoms with E-state index in [4.69, 9.17) is 0 Å². The highest BCUT2D eigenvalue weighted by Gasteiger charge is 2.21. The third-order valence-electron chi connectivity index (χ3n) is 2.05. The lowest BCUT2D eigenvalue weighted by atomic mass is 9.92. The minimum Gasteiger partial charge on any atom is -0.359 e. The average molecular weight is 157 g/mol. The van der Waals surface area contributed by atoms with Crippen molar-refractivity contribution in [1.82, 2.24) is 5.32 Å². The van der Waals surface area contributed by atoms with Crippen LogP contribution >= 0.6 is 0 Å². The van der Waals surface area contributed by atoms with E-state index in [1.807, 2.05) is 0 Å². The minimum atomic E-state index is -0.225. The molecule has 0 aliphatic rings. The van der Waals surface area contributed by atoms with Crippen LogP contribution in [-0.2, 0) is 9.59 Å². The molecule has 0 unspecified atom stereocenters. The van der Waals surface area contributed by atoms with Gasteiger partial charge >= 0.3 is 0 Å². The van der Waals surface area contributed by atoms with Crippen LogP contribution in [0.25, 0.3) is 0 Å². The number of ketones is 1. The average Bonchev–Trinajstić information content (AvgIpc) is 2.00. The van der Waals surface area contributed by atoms with Gasteiger partial charge in [-0.2, -0.15) is 0 Å². The Bertz CT molecular complexity index is 165. The van der Waals surface area contributed by atoms with Crippen molar-refractivity contribution in [2.45, 2.75) is 20.8 Å². The molecule has 3 nitrogen and oxygen atoms in total. The Balaban J connectivity index is 4.12. The quantitative estimate of drug-likeness (QED) is 0.651. The molecule has 3 heteroatoms. The van der Waals surface area contributed by atoms with E-state index >= 15 is 0 Å². The summed E-state index contributed by atoms with van der Waals surface area (Å²) >= 11 is 0. The molecule has 0 aromatic carbocycles. The van der Waals surface area contributed by atoms with Gasteiger partial charge in [0, 0.05) is 18.9 Å². The van der Waals surface area contributed by atoms with Crippen LogP contribution in [-0.4, -0.2) is 18.7 Å². The molecule has 0 radical (unpaired) electrons. The Morgan fingerprint density at radius 3 is 1.91 bits per heavy atom. The van der Waals surface area contributed by atoms with Gasteiger partial charge in [-0.3, -0.25) is 9.59 Å². The summed E-state index contributed by atoms with van der Waals surface area (Å²) < 4.78 is 0. The van der Waals surface area contributed by atoms with Gasteiger partial charge in [0.05, 0.1) is 0 Å². The van der Waals surface area contributed by atoms with Gasteiger partial charge in [-0.25, -0.2) is 0 Å². The van der Waals surface area contributed by atoms with E-state index in [0.717, 1.165) is 0 Å². The predicted molar refractivity (Wildman–Crippen MR) is 43.1 cm³/mol. The largest absolute Gasteiger partial charge is 0.359 e. The van der Waals surface area contributed by atoms with Gasteiger partial charge < -0.3 is 5.32 Å². The maximum absolute atomic E-state index is 11.0. The van der Waals surface area contributed by atoms with Gasteiger partial charge in [0.1, 0.15) is 5.78 Å². The van der Waals surface area contributed by atoms with Crippen LogP contribution in [0.2, 0.25) is 0 Å². The van der Waals surface area contributed by atoms with Crippen LogP contribution in [0.3, 0.4) is 0 Å². The monoisotopic (exact) mass is 157 g/mol. The number of carbonyl (C=O) groups excluding carboxylic acids is 2. The van der Waals surface area contributed by atoms with E-state index < -0.39 is 0 Å². The molecule has 0 saturated carbocycles. The first-order valence-corrected chi connectivity index (χ1v) is 3.72. The second-order valence-corrected chi connectivity index (χ2v) is 2.80. The van der Waals surface area contributed by atoms with E-state index in [1.165, 1.54) is 6.92 Å². The van der Waals surface area contributed by atoms with Gasteiger partial charge in [-0.15, -0.1) is 0 Å². The van der Waals surface area contributed by atoms with E-state index in [-0.39, 0.29) is 23.5 Å². The molecule has 0 rings (SSSR count). The van der Waals surface area contributed by atoms with Crippen molar-refractivity contribution in [3.63, 3.8) is 0 Å². The number of hydrogen-bond donors (Lipinski definition) is 1. The van der Waals surface area contributed by atoms with E-state index in [0.29, 0.717) is 0 Å². The molecule has 0 heterocycles. The van der Waals surface area contributed by atoms with Gasteiger partial charge in [0.25, 0.3) is 0 Å². The molecule has 0 aliphatic heterocycles. The number of hydrogen-bond acceptors (Lipinski definition) is 2. The summed E-state index contributed by atoms with van der Waals surface area (Å²) in [5.41, 5.74) is 0. The summed E-state index contributed by atoms with van der Waals surface area (Å²) in [6, 6.07) is 0. The van der Waals surface area contributed by atoms with E-state index in [9.17, 15) is 9.59 Å². The molecular weight excluding hydrogens is 142 g/mol. The fourth-order valence-corrected chi connectivity index (χ4v) is 0.807. The standard InChI is InChI=1S/C8H15NO2/c1-5(7(3)10)6(2)8(11)9-4/h5-6H,1-4H3,(H,9,11)/t5-,6+/m0/s1. The van der Waals surface area contributed by atoms with Crippen molar-refractivity contribution in [1.29, 1.82) is 0 Å². The van der Waals surface area contributed by atoms with Crippen LogP contribution < -0.4 is 5.32 Å². The summed E-state index contributed by atoms with van der Waals surface area (Å²) in [6.45, 7) is 5.03. The first kappa shape index (κ1) is 10.1. The van der Waals surface area contributed by atoms with Crippen molar-refractivity contribution in [2.24, 2.45) is 11.8 Å². The Hall–Kier alpha value is -0.860. The zero-order valence-electron chi connectivity index (χ0n) is 7.47. The fraction of sp³-hybridized carbons (Fsp3) is 0.750. The maximum atomic E-state index is 11.0. The molecule has 0 aliphatic carbocycles. The van der Waals surface area contributed by atoms with E-state index in [2.05, 4.69) is 5.32 Å². The zero-order valence-corrected chi connectivity index (χ0v) is 7.47. The molecule has 0 bridgehead atoms. The summed E-state index contributed by atoms with van der Waals surface area (Å²) in [5.74, 6) is -0.429. The molecule has 0 fully saturated rings. The Labute approximate surface area is 67.2 Å². The number of Topliss-reactive ketones (excluding diaryl/α,β-unsaturated/α-hetero) is 1. The summed E-state index contributed by atoms with van der Waals surface area (Å²) in [6.07, 6.45) is 0. The first-order valence-electron chi connectivity index (χ1n) is 3.72. The lowest BCUT2D eigenvalue weighted by Crippen LogP contribution is -2.32. The number of rotatable bonds is 3. The van der Waals surface area contributed by atoms with Gasteiger partial charge in [0.2, 0.25) is 5.91 Å². The van der Waals surface area contributed by atoms with Crippen molar-refractivity contribution in [2.75, 3.05) is 7.05 Å². The number of amides is 1. The smallest absolute Gasteiger partial charge is 0.223 e. The summed E-state index contributed by atoms with van der Waals surface area (Å²) in [5, 5.41) is 2.51. The van der Waals surface area contributed by atoms with Crippen molar-refractivity contribution < 1.29 is 9.59 Å². The maximum Gasteiger partial charge on any atom is 0.223 e. The molecule has 0 aromatic heterocycles. The third kappa shape index (κ3) is 2.70. The van der Waals surface area contributed by atoms with Crippen molar-refractivity contribution in [3.05, 3.63) is 0 Å². The highest BCUT2D eigenvalue weighted by atomic mass is 16.2. The second-order valence-electron chi connectivity index (χ2n) is 2.80. The van der Waals surface area contributed by atoms with Crippen molar-refractivity contribution in [3.8, 4) is 0 Å². The second kappa shape index (κ2) is 4.11. The molecule has 0 spiro atoms. The molecular formula is C8H15NO2. The molecule has 64 valence electrons. The zero-order chi connectivity index (χ0) is 9.02.